The quantitative estimate of drug-likeness (QED) is 0.749. The van der Waals surface area contributed by atoms with Gasteiger partial charge >= 0.3 is 0 Å². The van der Waals surface area contributed by atoms with Crippen molar-refractivity contribution in [3.63, 3.8) is 0 Å². The van der Waals surface area contributed by atoms with Crippen LogP contribution in [0.5, 0.6) is 5.75 Å². The second-order valence-electron chi connectivity index (χ2n) is 4.83. The second-order valence-corrected chi connectivity index (χ2v) is 4.83. The van der Waals surface area contributed by atoms with Crippen LogP contribution >= 0.6 is 0 Å². The molecule has 0 spiro atoms. The predicted octanol–water partition coefficient (Wildman–Crippen LogP) is 2.67. The van der Waals surface area contributed by atoms with Gasteiger partial charge in [-0.05, 0) is 37.1 Å². The van der Waals surface area contributed by atoms with E-state index in [-0.39, 0.29) is 18.2 Å². The summed E-state index contributed by atoms with van der Waals surface area (Å²) < 4.78 is 5.05. The summed E-state index contributed by atoms with van der Waals surface area (Å²) in [6.45, 7) is 5.44. The van der Waals surface area contributed by atoms with Gasteiger partial charge in [-0.1, -0.05) is 13.8 Å². The summed E-state index contributed by atoms with van der Waals surface area (Å²) in [6, 6.07) is 7.02. The van der Waals surface area contributed by atoms with E-state index in [4.69, 9.17) is 4.74 Å². The molecule has 0 aliphatic carbocycles. The summed E-state index contributed by atoms with van der Waals surface area (Å²) in [5.41, 5.74) is 0.658. The Bertz CT molecular complexity index is 451. The Morgan fingerprint density at radius 2 is 1.67 bits per heavy atom. The van der Waals surface area contributed by atoms with Gasteiger partial charge in [-0.15, -0.1) is 0 Å². The highest BCUT2D eigenvalue weighted by molar-refractivity contribution is 6.03. The Kier molecular flexibility index (Phi) is 7.29. The minimum atomic E-state index is -0.289. The van der Waals surface area contributed by atoms with Crippen LogP contribution in [-0.4, -0.2) is 36.9 Å². The van der Waals surface area contributed by atoms with Gasteiger partial charge in [0.15, 0.2) is 0 Å². The monoisotopic (exact) mass is 292 g/mol. The summed E-state index contributed by atoms with van der Waals surface area (Å²) in [5, 5.41) is 2.72. The highest BCUT2D eigenvalue weighted by atomic mass is 16.5. The molecule has 0 aliphatic heterocycles. The molecule has 0 radical (unpaired) electrons. The topological polar surface area (TPSA) is 58.6 Å². The van der Waals surface area contributed by atoms with Crippen molar-refractivity contribution in [1.29, 1.82) is 0 Å². The standard InChI is InChI=1S/C16H24N2O3/c1-4-10-18(11-5-2)16(20)12-15(19)17-13-6-8-14(21-3)9-7-13/h6-9H,4-5,10-12H2,1-3H3,(H,17,19). The lowest BCUT2D eigenvalue weighted by molar-refractivity contribution is -0.134. The maximum atomic E-state index is 12.1. The summed E-state index contributed by atoms with van der Waals surface area (Å²) >= 11 is 0. The molecule has 0 aliphatic rings. The molecule has 0 atom stereocenters. The highest BCUT2D eigenvalue weighted by Crippen LogP contribution is 2.15. The van der Waals surface area contributed by atoms with E-state index in [1.165, 1.54) is 0 Å². The third-order valence-electron chi connectivity index (χ3n) is 3.03. The van der Waals surface area contributed by atoms with E-state index in [0.717, 1.165) is 18.6 Å². The molecule has 0 unspecified atom stereocenters. The number of hydrogen-bond donors (Lipinski definition) is 1. The van der Waals surface area contributed by atoms with Gasteiger partial charge in [0.05, 0.1) is 7.11 Å². The van der Waals surface area contributed by atoms with Crippen LogP contribution in [0, 0.1) is 0 Å². The molecule has 5 heteroatoms. The Hall–Kier alpha value is -2.04. The molecule has 1 rings (SSSR count). The fourth-order valence-corrected chi connectivity index (χ4v) is 2.03. The van der Waals surface area contributed by atoms with Crippen molar-refractivity contribution >= 4 is 17.5 Å². The van der Waals surface area contributed by atoms with Gasteiger partial charge in [0.2, 0.25) is 11.8 Å². The third kappa shape index (κ3) is 5.85. The van der Waals surface area contributed by atoms with Crippen molar-refractivity contribution in [3.05, 3.63) is 24.3 Å². The molecule has 1 N–H and O–H groups in total. The van der Waals surface area contributed by atoms with Crippen molar-refractivity contribution in [2.24, 2.45) is 0 Å². The van der Waals surface area contributed by atoms with E-state index in [1.54, 1.807) is 36.3 Å². The second kappa shape index (κ2) is 9.00. The van der Waals surface area contributed by atoms with E-state index in [2.05, 4.69) is 5.32 Å². The molecule has 0 saturated heterocycles. The molecule has 21 heavy (non-hydrogen) atoms. The van der Waals surface area contributed by atoms with Crippen molar-refractivity contribution in [3.8, 4) is 5.75 Å². The SMILES string of the molecule is CCCN(CCC)C(=O)CC(=O)Nc1ccc(OC)cc1. The normalized spacial score (nSPS) is 10.0. The van der Waals surface area contributed by atoms with Gasteiger partial charge in [0.1, 0.15) is 12.2 Å². The first kappa shape index (κ1) is 17.0. The molecule has 1 aromatic carbocycles. The summed E-state index contributed by atoms with van der Waals surface area (Å²) in [7, 11) is 1.59. The number of hydrogen-bond acceptors (Lipinski definition) is 3. The third-order valence-corrected chi connectivity index (χ3v) is 3.03. The van der Waals surface area contributed by atoms with Gasteiger partial charge in [0, 0.05) is 18.8 Å². The summed E-state index contributed by atoms with van der Waals surface area (Å²) in [5.74, 6) is 0.313. The van der Waals surface area contributed by atoms with E-state index >= 15 is 0 Å². The van der Waals surface area contributed by atoms with Crippen molar-refractivity contribution in [2.75, 3.05) is 25.5 Å². The summed E-state index contributed by atoms with van der Waals surface area (Å²) in [6.07, 6.45) is 1.67. The smallest absolute Gasteiger partial charge is 0.233 e. The fraction of sp³-hybridized carbons (Fsp3) is 0.500. The minimum Gasteiger partial charge on any atom is -0.497 e. The first-order valence-electron chi connectivity index (χ1n) is 7.32. The van der Waals surface area contributed by atoms with Crippen molar-refractivity contribution in [1.82, 2.24) is 4.90 Å². The number of carbonyl (C=O) groups excluding carboxylic acids is 2. The maximum Gasteiger partial charge on any atom is 0.233 e. The largest absolute Gasteiger partial charge is 0.497 e. The Morgan fingerprint density at radius 3 is 2.14 bits per heavy atom. The number of carbonyl (C=O) groups is 2. The average molecular weight is 292 g/mol. The van der Waals surface area contributed by atoms with Crippen LogP contribution in [-0.2, 0) is 9.59 Å². The van der Waals surface area contributed by atoms with E-state index < -0.39 is 0 Å². The van der Waals surface area contributed by atoms with Gasteiger partial charge in [0.25, 0.3) is 0 Å². The lowest BCUT2D eigenvalue weighted by Crippen LogP contribution is -2.35. The highest BCUT2D eigenvalue weighted by Gasteiger charge is 2.16. The van der Waals surface area contributed by atoms with Crippen LogP contribution in [0.1, 0.15) is 33.1 Å². The van der Waals surface area contributed by atoms with Crippen LogP contribution in [0.25, 0.3) is 0 Å². The first-order chi connectivity index (χ1) is 10.1. The molecule has 116 valence electrons. The number of nitrogens with zero attached hydrogens (tertiary/aromatic N) is 1. The van der Waals surface area contributed by atoms with Gasteiger partial charge in [-0.2, -0.15) is 0 Å². The number of ether oxygens (including phenoxy) is 1. The molecule has 2 amide bonds. The zero-order valence-electron chi connectivity index (χ0n) is 13.0. The van der Waals surface area contributed by atoms with Gasteiger partial charge in [-0.25, -0.2) is 0 Å². The molecule has 0 fully saturated rings. The summed E-state index contributed by atoms with van der Waals surface area (Å²) in [4.78, 5) is 25.7. The number of amides is 2. The van der Waals surface area contributed by atoms with Crippen molar-refractivity contribution < 1.29 is 14.3 Å². The van der Waals surface area contributed by atoms with Crippen molar-refractivity contribution in [2.45, 2.75) is 33.1 Å². The maximum absolute atomic E-state index is 12.1. The number of anilines is 1. The predicted molar refractivity (Wildman–Crippen MR) is 83.4 cm³/mol. The van der Waals surface area contributed by atoms with Gasteiger partial charge in [-0.3, -0.25) is 9.59 Å². The molecular weight excluding hydrogens is 268 g/mol. The van der Waals surface area contributed by atoms with Crippen LogP contribution in [0.15, 0.2) is 24.3 Å². The van der Waals surface area contributed by atoms with E-state index in [9.17, 15) is 9.59 Å². The first-order valence-corrected chi connectivity index (χ1v) is 7.32. The molecule has 0 saturated carbocycles. The Labute approximate surface area is 126 Å². The van der Waals surface area contributed by atoms with Crippen LogP contribution in [0.3, 0.4) is 0 Å². The Morgan fingerprint density at radius 1 is 1.10 bits per heavy atom. The Balaban J connectivity index is 2.52. The van der Waals surface area contributed by atoms with Crippen LogP contribution < -0.4 is 10.1 Å². The number of nitrogens with one attached hydrogen (secondary N) is 1. The number of benzene rings is 1. The lowest BCUT2D eigenvalue weighted by atomic mass is 10.2. The zero-order valence-corrected chi connectivity index (χ0v) is 13.0. The van der Waals surface area contributed by atoms with Crippen LogP contribution in [0.2, 0.25) is 0 Å². The molecule has 1 aromatic rings. The minimum absolute atomic E-state index is 0.119. The molecule has 0 heterocycles. The zero-order chi connectivity index (χ0) is 15.7. The number of methoxy groups -OCH3 is 1. The molecule has 5 nitrogen and oxygen atoms in total. The fourth-order valence-electron chi connectivity index (χ4n) is 2.03. The van der Waals surface area contributed by atoms with Crippen LogP contribution in [0.4, 0.5) is 5.69 Å². The molecule has 0 bridgehead atoms. The molecule has 0 aromatic heterocycles. The lowest BCUT2D eigenvalue weighted by Gasteiger charge is -2.21. The van der Waals surface area contributed by atoms with E-state index in [0.29, 0.717) is 18.8 Å². The average Bonchev–Trinajstić information content (AvgIpc) is 2.47. The number of rotatable bonds is 8. The molecular formula is C16H24N2O3. The van der Waals surface area contributed by atoms with E-state index in [1.807, 2.05) is 13.8 Å². The van der Waals surface area contributed by atoms with Gasteiger partial charge < -0.3 is 15.0 Å².